The minimum Gasteiger partial charge on any atom is -0.304 e. The molecule has 0 aromatic heterocycles. The zero-order valence-corrected chi connectivity index (χ0v) is 17.6. The van der Waals surface area contributed by atoms with Crippen molar-refractivity contribution in [1.82, 2.24) is 0 Å². The Morgan fingerprint density at radius 1 is 1.00 bits per heavy atom. The minimum atomic E-state index is -3.23. The number of carbonyl (C=O) groups is 1. The fraction of sp³-hybridized carbons (Fsp3) is 0.571. The van der Waals surface area contributed by atoms with Gasteiger partial charge in [-0.3, -0.25) is 4.79 Å². The molecule has 5 aliphatic rings. The molecule has 4 fully saturated rings. The minimum absolute atomic E-state index is 0.0127. The Kier molecular flexibility index (Phi) is 4.10. The van der Waals surface area contributed by atoms with Crippen molar-refractivity contribution in [3.05, 3.63) is 40.2 Å². The number of hydrogen-bond donors (Lipinski definition) is 0. The van der Waals surface area contributed by atoms with E-state index in [1.54, 1.807) is 11.0 Å². The summed E-state index contributed by atoms with van der Waals surface area (Å²) >= 11 is 3.45. The summed E-state index contributed by atoms with van der Waals surface area (Å²) in [6.07, 6.45) is 8.47. The molecule has 6 heteroatoms. The summed E-state index contributed by atoms with van der Waals surface area (Å²) < 4.78 is 25.1. The molecular formula is C21H24BrNO3S. The lowest BCUT2D eigenvalue weighted by molar-refractivity contribution is -0.143. The fourth-order valence-corrected chi connectivity index (χ4v) is 7.94. The Morgan fingerprint density at radius 2 is 1.56 bits per heavy atom. The molecule has 0 N–H and O–H groups in total. The normalized spacial score (nSPS) is 38.3. The van der Waals surface area contributed by atoms with Gasteiger partial charge >= 0.3 is 0 Å². The van der Waals surface area contributed by atoms with Gasteiger partial charge in [0.15, 0.2) is 9.84 Å². The predicted octanol–water partition coefficient (Wildman–Crippen LogP) is 4.31. The highest BCUT2D eigenvalue weighted by Crippen LogP contribution is 2.60. The molecule has 1 unspecified atom stereocenters. The van der Waals surface area contributed by atoms with Crippen LogP contribution in [0.1, 0.15) is 38.5 Å². The molecule has 144 valence electrons. The number of benzene rings is 1. The summed E-state index contributed by atoms with van der Waals surface area (Å²) in [4.78, 5) is 15.8. The van der Waals surface area contributed by atoms with Gasteiger partial charge in [0.05, 0.1) is 17.2 Å². The first-order valence-corrected chi connectivity index (χ1v) is 12.3. The van der Waals surface area contributed by atoms with Crippen molar-refractivity contribution in [1.29, 1.82) is 0 Å². The maximum Gasteiger partial charge on any atom is 0.233 e. The third-order valence-electron chi connectivity index (χ3n) is 7.06. The van der Waals surface area contributed by atoms with Crippen LogP contribution in [0, 0.1) is 23.2 Å². The number of sulfone groups is 1. The van der Waals surface area contributed by atoms with Crippen LogP contribution in [0.5, 0.6) is 0 Å². The lowest BCUT2D eigenvalue weighted by atomic mass is 9.49. The number of amides is 1. The van der Waals surface area contributed by atoms with Gasteiger partial charge in [-0.25, -0.2) is 8.42 Å². The van der Waals surface area contributed by atoms with E-state index in [1.165, 1.54) is 24.7 Å². The van der Waals surface area contributed by atoms with E-state index >= 15 is 0 Å². The van der Waals surface area contributed by atoms with Gasteiger partial charge in [-0.2, -0.15) is 0 Å². The van der Waals surface area contributed by atoms with Gasteiger partial charge < -0.3 is 4.90 Å². The molecule has 1 heterocycles. The first-order valence-electron chi connectivity index (χ1n) is 9.84. The second-order valence-corrected chi connectivity index (χ2v) is 11.9. The molecule has 0 spiro atoms. The van der Waals surface area contributed by atoms with E-state index in [0.717, 1.165) is 29.4 Å². The Labute approximate surface area is 169 Å². The molecule has 4 bridgehead atoms. The van der Waals surface area contributed by atoms with Gasteiger partial charge in [0.2, 0.25) is 5.91 Å². The largest absolute Gasteiger partial charge is 0.304 e. The second-order valence-electron chi connectivity index (χ2n) is 9.07. The van der Waals surface area contributed by atoms with Gasteiger partial charge in [0.25, 0.3) is 0 Å². The van der Waals surface area contributed by atoms with Crippen molar-refractivity contribution in [3.8, 4) is 0 Å². The third kappa shape index (κ3) is 3.09. The fourth-order valence-electron chi connectivity index (χ4n) is 6.41. The molecule has 1 amide bonds. The summed E-state index contributed by atoms with van der Waals surface area (Å²) in [7, 11) is -3.23. The molecular weight excluding hydrogens is 426 g/mol. The molecule has 0 radical (unpaired) electrons. The lowest BCUT2D eigenvalue weighted by Crippen LogP contribution is -2.57. The number of rotatable bonds is 3. The highest BCUT2D eigenvalue weighted by Gasteiger charge is 2.56. The topological polar surface area (TPSA) is 54.5 Å². The maximum absolute atomic E-state index is 14.0. The maximum atomic E-state index is 14.0. The van der Waals surface area contributed by atoms with Gasteiger partial charge in [-0.15, -0.1) is 0 Å². The first-order chi connectivity index (χ1) is 12.8. The van der Waals surface area contributed by atoms with Gasteiger partial charge in [0, 0.05) is 15.6 Å². The van der Waals surface area contributed by atoms with Crippen molar-refractivity contribution >= 4 is 37.4 Å². The molecule has 1 aromatic rings. The van der Waals surface area contributed by atoms with Crippen LogP contribution in [0.2, 0.25) is 0 Å². The van der Waals surface area contributed by atoms with E-state index < -0.39 is 15.9 Å². The zero-order valence-electron chi connectivity index (χ0n) is 15.2. The number of hydrogen-bond acceptors (Lipinski definition) is 3. The molecule has 1 aliphatic heterocycles. The number of anilines is 1. The first kappa shape index (κ1) is 17.9. The Balaban J connectivity index is 1.53. The van der Waals surface area contributed by atoms with Gasteiger partial charge in [-0.05, 0) is 86.6 Å². The van der Waals surface area contributed by atoms with E-state index in [0.29, 0.717) is 17.8 Å². The molecule has 4 nitrogen and oxygen atoms in total. The molecule has 27 heavy (non-hydrogen) atoms. The quantitative estimate of drug-likeness (QED) is 0.690. The summed E-state index contributed by atoms with van der Waals surface area (Å²) in [6.45, 7) is 0. The monoisotopic (exact) mass is 449 g/mol. The summed E-state index contributed by atoms with van der Waals surface area (Å²) in [5.74, 6) is 2.16. The SMILES string of the molecule is O=C(N(c1ccc(Br)cc1)C1C=CS(=O)(=O)C1)C12CC3CC(CC(C3)C1)C2. The summed E-state index contributed by atoms with van der Waals surface area (Å²) in [5, 5.41) is 1.27. The number of halogens is 1. The zero-order chi connectivity index (χ0) is 18.8. The van der Waals surface area contributed by atoms with Crippen LogP contribution >= 0.6 is 15.9 Å². The van der Waals surface area contributed by atoms with Crippen LogP contribution in [-0.4, -0.2) is 26.1 Å². The van der Waals surface area contributed by atoms with Crippen molar-refractivity contribution < 1.29 is 13.2 Å². The molecule has 0 saturated heterocycles. The molecule has 1 aromatic carbocycles. The average molecular weight is 450 g/mol. The molecule has 1 atom stereocenters. The molecule has 6 rings (SSSR count). The van der Waals surface area contributed by atoms with Crippen LogP contribution in [0.4, 0.5) is 5.69 Å². The van der Waals surface area contributed by atoms with E-state index in [4.69, 9.17) is 0 Å². The molecule has 4 aliphatic carbocycles. The van der Waals surface area contributed by atoms with Crippen molar-refractivity contribution in [3.63, 3.8) is 0 Å². The third-order valence-corrected chi connectivity index (χ3v) is 8.96. The van der Waals surface area contributed by atoms with Gasteiger partial charge in [-0.1, -0.05) is 15.9 Å². The van der Waals surface area contributed by atoms with E-state index in [9.17, 15) is 13.2 Å². The van der Waals surface area contributed by atoms with Crippen molar-refractivity contribution in [2.24, 2.45) is 23.2 Å². The smallest absolute Gasteiger partial charge is 0.233 e. The summed E-state index contributed by atoms with van der Waals surface area (Å²) in [5.41, 5.74) is 0.507. The van der Waals surface area contributed by atoms with Crippen LogP contribution in [0.15, 0.2) is 40.2 Å². The van der Waals surface area contributed by atoms with E-state index in [-0.39, 0.29) is 17.1 Å². The number of carbonyl (C=O) groups excluding carboxylic acids is 1. The number of nitrogens with zero attached hydrogens (tertiary/aromatic N) is 1. The highest BCUT2D eigenvalue weighted by atomic mass is 79.9. The molecule has 4 saturated carbocycles. The average Bonchev–Trinajstić information content (AvgIpc) is 2.95. The van der Waals surface area contributed by atoms with Crippen LogP contribution in [-0.2, 0) is 14.6 Å². The predicted molar refractivity (Wildman–Crippen MR) is 109 cm³/mol. The Morgan fingerprint density at radius 3 is 2.04 bits per heavy atom. The van der Waals surface area contributed by atoms with E-state index in [1.807, 2.05) is 24.3 Å². The second kappa shape index (κ2) is 6.18. The standard InChI is InChI=1S/C21H24BrNO3S/c22-17-1-3-18(4-2-17)23(19-5-6-27(25,26)13-19)20(24)21-10-14-7-15(11-21)9-16(8-14)12-21/h1-6,14-16,19H,7-13H2. The van der Waals surface area contributed by atoms with Crippen LogP contribution in [0.3, 0.4) is 0 Å². The van der Waals surface area contributed by atoms with Gasteiger partial charge in [0.1, 0.15) is 0 Å². The highest BCUT2D eigenvalue weighted by molar-refractivity contribution is 9.10. The Hall–Kier alpha value is -1.14. The van der Waals surface area contributed by atoms with Crippen LogP contribution < -0.4 is 4.90 Å². The Bertz CT molecular complexity index is 871. The van der Waals surface area contributed by atoms with Crippen molar-refractivity contribution in [2.75, 3.05) is 10.7 Å². The van der Waals surface area contributed by atoms with Crippen LogP contribution in [0.25, 0.3) is 0 Å². The van der Waals surface area contributed by atoms with Crippen molar-refractivity contribution in [2.45, 2.75) is 44.6 Å². The van der Waals surface area contributed by atoms with E-state index in [2.05, 4.69) is 15.9 Å². The lowest BCUT2D eigenvalue weighted by Gasteiger charge is -2.57. The summed E-state index contributed by atoms with van der Waals surface area (Å²) in [6, 6.07) is 7.27.